The molecular formula is C14H12O2. The van der Waals surface area contributed by atoms with Crippen molar-refractivity contribution in [1.82, 2.24) is 0 Å². The van der Waals surface area contributed by atoms with Crippen molar-refractivity contribution in [2.24, 2.45) is 0 Å². The van der Waals surface area contributed by atoms with Gasteiger partial charge in [-0.1, -0.05) is 18.2 Å². The Kier molecular flexibility index (Phi) is 1.96. The highest BCUT2D eigenvalue weighted by Gasteiger charge is 2.17. The van der Waals surface area contributed by atoms with E-state index in [1.54, 1.807) is 6.08 Å². The van der Waals surface area contributed by atoms with Crippen molar-refractivity contribution < 1.29 is 9.21 Å². The molecule has 0 saturated heterocycles. The number of fused-ring (bicyclic) bond motifs is 1. The summed E-state index contributed by atoms with van der Waals surface area (Å²) in [6.07, 6.45) is 3.12. The number of ketones is 1. The summed E-state index contributed by atoms with van der Waals surface area (Å²) in [6, 6.07) is 8.11. The lowest BCUT2D eigenvalue weighted by Crippen LogP contribution is -1.80. The zero-order valence-corrected chi connectivity index (χ0v) is 9.12. The van der Waals surface area contributed by atoms with E-state index in [1.165, 1.54) is 0 Å². The third kappa shape index (κ3) is 1.38. The third-order valence-corrected chi connectivity index (χ3v) is 3.03. The molecule has 1 aromatic carbocycles. The van der Waals surface area contributed by atoms with Crippen LogP contribution in [0.25, 0.3) is 16.5 Å². The number of carbonyl (C=O) groups is 1. The zero-order chi connectivity index (χ0) is 11.1. The molecule has 0 N–H and O–H groups in total. The molecule has 2 aromatic rings. The Balaban J connectivity index is 2.16. The minimum atomic E-state index is 0.201. The van der Waals surface area contributed by atoms with Crippen molar-refractivity contribution in [1.29, 1.82) is 0 Å². The van der Waals surface area contributed by atoms with Crippen molar-refractivity contribution in [3.8, 4) is 0 Å². The minimum absolute atomic E-state index is 0.201. The van der Waals surface area contributed by atoms with Gasteiger partial charge in [0.25, 0.3) is 0 Å². The Bertz CT molecular complexity index is 602. The number of rotatable bonds is 1. The molecule has 1 aliphatic carbocycles. The predicted octanol–water partition coefficient (Wildman–Crippen LogP) is 3.49. The van der Waals surface area contributed by atoms with Crippen LogP contribution >= 0.6 is 0 Å². The number of para-hydroxylation sites is 1. The fourth-order valence-corrected chi connectivity index (χ4v) is 2.16. The van der Waals surface area contributed by atoms with Crippen LogP contribution in [0.1, 0.15) is 24.2 Å². The summed E-state index contributed by atoms with van der Waals surface area (Å²) < 4.78 is 5.81. The zero-order valence-electron chi connectivity index (χ0n) is 9.12. The Hall–Kier alpha value is -1.83. The van der Waals surface area contributed by atoms with Crippen molar-refractivity contribution in [2.75, 3.05) is 0 Å². The summed E-state index contributed by atoms with van der Waals surface area (Å²) in [7, 11) is 0. The molecule has 2 heteroatoms. The molecule has 0 saturated carbocycles. The summed E-state index contributed by atoms with van der Waals surface area (Å²) in [6.45, 7) is 2.03. The van der Waals surface area contributed by atoms with Gasteiger partial charge in [-0.3, -0.25) is 4.79 Å². The minimum Gasteiger partial charge on any atom is -0.456 e. The smallest absolute Gasteiger partial charge is 0.156 e. The molecule has 1 aromatic heterocycles. The summed E-state index contributed by atoms with van der Waals surface area (Å²) in [5.41, 5.74) is 3.09. The largest absolute Gasteiger partial charge is 0.456 e. The normalized spacial score (nSPS) is 15.8. The average Bonchev–Trinajstić information content (AvgIpc) is 2.84. The topological polar surface area (TPSA) is 30.2 Å². The van der Waals surface area contributed by atoms with Crippen LogP contribution in [-0.4, -0.2) is 5.78 Å². The maximum Gasteiger partial charge on any atom is 0.156 e. The van der Waals surface area contributed by atoms with E-state index in [1.807, 2.05) is 31.2 Å². The second-order valence-electron chi connectivity index (χ2n) is 4.24. The average molecular weight is 212 g/mol. The molecule has 0 atom stereocenters. The van der Waals surface area contributed by atoms with Gasteiger partial charge in [0, 0.05) is 11.8 Å². The lowest BCUT2D eigenvalue weighted by Gasteiger charge is -1.94. The molecule has 0 unspecified atom stereocenters. The van der Waals surface area contributed by atoms with E-state index in [4.69, 9.17) is 4.42 Å². The van der Waals surface area contributed by atoms with Gasteiger partial charge in [-0.25, -0.2) is 0 Å². The molecular weight excluding hydrogens is 200 g/mol. The number of aryl methyl sites for hydroxylation is 1. The van der Waals surface area contributed by atoms with E-state index in [9.17, 15) is 4.79 Å². The molecule has 0 spiro atoms. The quantitative estimate of drug-likeness (QED) is 0.724. The first-order valence-corrected chi connectivity index (χ1v) is 5.47. The van der Waals surface area contributed by atoms with E-state index in [0.29, 0.717) is 6.42 Å². The van der Waals surface area contributed by atoms with Gasteiger partial charge in [0.2, 0.25) is 0 Å². The predicted molar refractivity (Wildman–Crippen MR) is 63.2 cm³/mol. The van der Waals surface area contributed by atoms with Gasteiger partial charge < -0.3 is 4.42 Å². The number of allylic oxidation sites excluding steroid dienone is 2. The SMILES string of the molecule is Cc1cccc2cc(C3=CC(=O)CC3)oc12. The van der Waals surface area contributed by atoms with E-state index in [2.05, 4.69) is 0 Å². The summed E-state index contributed by atoms with van der Waals surface area (Å²) >= 11 is 0. The highest BCUT2D eigenvalue weighted by Crippen LogP contribution is 2.31. The molecule has 80 valence electrons. The molecule has 0 amide bonds. The molecule has 0 bridgehead atoms. The molecule has 3 rings (SSSR count). The molecule has 0 aliphatic heterocycles. The van der Waals surface area contributed by atoms with Gasteiger partial charge in [0.05, 0.1) is 0 Å². The first-order chi connectivity index (χ1) is 7.74. The van der Waals surface area contributed by atoms with Crippen LogP contribution in [0.4, 0.5) is 0 Å². The number of hydrogen-bond acceptors (Lipinski definition) is 2. The molecule has 1 aliphatic rings. The second-order valence-corrected chi connectivity index (χ2v) is 4.24. The molecule has 1 heterocycles. The third-order valence-electron chi connectivity index (χ3n) is 3.03. The first kappa shape index (κ1) is 9.40. The molecule has 0 fully saturated rings. The fourth-order valence-electron chi connectivity index (χ4n) is 2.16. The van der Waals surface area contributed by atoms with Crippen LogP contribution in [0.15, 0.2) is 34.8 Å². The number of furan rings is 1. The number of benzene rings is 1. The maximum absolute atomic E-state index is 11.2. The number of carbonyl (C=O) groups excluding carboxylic acids is 1. The summed E-state index contributed by atoms with van der Waals surface area (Å²) in [4.78, 5) is 11.2. The lowest BCUT2D eigenvalue weighted by molar-refractivity contribution is -0.114. The molecule has 16 heavy (non-hydrogen) atoms. The van der Waals surface area contributed by atoms with Gasteiger partial charge in [-0.15, -0.1) is 0 Å². The second kappa shape index (κ2) is 3.34. The monoisotopic (exact) mass is 212 g/mol. The molecule has 2 nitrogen and oxygen atoms in total. The highest BCUT2D eigenvalue weighted by molar-refractivity contribution is 6.01. The Labute approximate surface area is 93.6 Å². The van der Waals surface area contributed by atoms with Gasteiger partial charge >= 0.3 is 0 Å². The van der Waals surface area contributed by atoms with Crippen molar-refractivity contribution >= 4 is 22.3 Å². The van der Waals surface area contributed by atoms with Gasteiger partial charge in [-0.2, -0.15) is 0 Å². The van der Waals surface area contributed by atoms with Gasteiger partial charge in [0.15, 0.2) is 5.78 Å². The van der Waals surface area contributed by atoms with Crippen LogP contribution in [0, 0.1) is 6.92 Å². The molecule has 0 radical (unpaired) electrons. The van der Waals surface area contributed by atoms with E-state index >= 15 is 0 Å². The lowest BCUT2D eigenvalue weighted by atomic mass is 10.1. The van der Waals surface area contributed by atoms with Crippen LogP contribution in [0.5, 0.6) is 0 Å². The fraction of sp³-hybridized carbons (Fsp3) is 0.214. The van der Waals surface area contributed by atoms with E-state index in [-0.39, 0.29) is 5.78 Å². The van der Waals surface area contributed by atoms with E-state index < -0.39 is 0 Å². The maximum atomic E-state index is 11.2. The summed E-state index contributed by atoms with van der Waals surface area (Å²) in [5, 5.41) is 1.11. The number of hydrogen-bond donors (Lipinski definition) is 0. The van der Waals surface area contributed by atoms with Crippen LogP contribution in [0.2, 0.25) is 0 Å². The van der Waals surface area contributed by atoms with Crippen molar-refractivity contribution in [3.63, 3.8) is 0 Å². The summed E-state index contributed by atoms with van der Waals surface area (Å²) in [5.74, 6) is 1.04. The van der Waals surface area contributed by atoms with Crippen molar-refractivity contribution in [2.45, 2.75) is 19.8 Å². The van der Waals surface area contributed by atoms with Crippen LogP contribution in [-0.2, 0) is 4.79 Å². The first-order valence-electron chi connectivity index (χ1n) is 5.47. The Morgan fingerprint density at radius 3 is 2.81 bits per heavy atom. The Morgan fingerprint density at radius 1 is 1.25 bits per heavy atom. The van der Waals surface area contributed by atoms with Gasteiger partial charge in [0.1, 0.15) is 11.3 Å². The van der Waals surface area contributed by atoms with Gasteiger partial charge in [-0.05, 0) is 36.6 Å². The highest BCUT2D eigenvalue weighted by atomic mass is 16.3. The standard InChI is InChI=1S/C14H12O2/c1-9-3-2-4-11-8-13(16-14(9)11)10-5-6-12(15)7-10/h2-4,7-8H,5-6H2,1H3. The Morgan fingerprint density at radius 2 is 2.12 bits per heavy atom. The van der Waals surface area contributed by atoms with Crippen LogP contribution in [0.3, 0.4) is 0 Å². The van der Waals surface area contributed by atoms with Crippen LogP contribution < -0.4 is 0 Å². The van der Waals surface area contributed by atoms with E-state index in [0.717, 1.165) is 34.3 Å². The van der Waals surface area contributed by atoms with Crippen molar-refractivity contribution in [3.05, 3.63) is 41.7 Å².